The van der Waals surface area contributed by atoms with E-state index in [-0.39, 0.29) is 24.0 Å². The number of methoxy groups -OCH3 is 1. The third-order valence-corrected chi connectivity index (χ3v) is 7.21. The van der Waals surface area contributed by atoms with Crippen LogP contribution in [0.25, 0.3) is 0 Å². The number of hydrogen-bond acceptors (Lipinski definition) is 5. The predicted octanol–water partition coefficient (Wildman–Crippen LogP) is 2.46. The average Bonchev–Trinajstić information content (AvgIpc) is 2.80. The van der Waals surface area contributed by atoms with E-state index in [9.17, 15) is 8.42 Å². The summed E-state index contributed by atoms with van der Waals surface area (Å²) in [6.07, 6.45) is 0. The lowest BCUT2D eigenvalue weighted by molar-refractivity contribution is 0.372. The van der Waals surface area contributed by atoms with E-state index in [1.807, 2.05) is 24.3 Å². The van der Waals surface area contributed by atoms with Gasteiger partial charge in [-0.05, 0) is 42.0 Å². The molecule has 0 aromatic heterocycles. The average molecular weight is 574 g/mol. The highest BCUT2D eigenvalue weighted by molar-refractivity contribution is 14.0. The Morgan fingerprint density at radius 3 is 2.12 bits per heavy atom. The summed E-state index contributed by atoms with van der Waals surface area (Å²) < 4.78 is 30.8. The first-order valence-corrected chi connectivity index (χ1v) is 11.6. The van der Waals surface area contributed by atoms with Crippen LogP contribution in [-0.2, 0) is 16.6 Å². The Morgan fingerprint density at radius 1 is 1.03 bits per heavy atom. The Bertz CT molecular complexity index is 987. The zero-order valence-electron chi connectivity index (χ0n) is 19.0. The van der Waals surface area contributed by atoms with Crippen molar-refractivity contribution in [2.24, 2.45) is 4.99 Å². The Kier molecular flexibility index (Phi) is 9.59. The van der Waals surface area contributed by atoms with Crippen LogP contribution in [0, 0.1) is 0 Å². The maximum atomic E-state index is 12.2. The molecule has 0 atom stereocenters. The number of halogens is 1. The van der Waals surface area contributed by atoms with Crippen molar-refractivity contribution in [2.75, 3.05) is 59.3 Å². The molecule has 1 aliphatic heterocycles. The molecule has 0 unspecified atom stereocenters. The van der Waals surface area contributed by atoms with E-state index >= 15 is 0 Å². The molecule has 176 valence electrons. The number of anilines is 1. The molecule has 0 spiro atoms. The first-order valence-electron chi connectivity index (χ1n) is 10.2. The monoisotopic (exact) mass is 573 g/mol. The lowest BCUT2D eigenvalue weighted by atomic mass is 10.2. The fraction of sp³-hybridized carbons (Fsp3) is 0.409. The van der Waals surface area contributed by atoms with E-state index < -0.39 is 10.0 Å². The van der Waals surface area contributed by atoms with E-state index in [1.165, 1.54) is 24.1 Å². The molecular formula is C22H32IN5O3S. The Morgan fingerprint density at radius 2 is 1.62 bits per heavy atom. The molecule has 1 N–H and O–H groups in total. The zero-order chi connectivity index (χ0) is 22.4. The third kappa shape index (κ3) is 6.26. The molecule has 1 saturated heterocycles. The van der Waals surface area contributed by atoms with Crippen LogP contribution in [0.1, 0.15) is 5.56 Å². The second-order valence-corrected chi connectivity index (χ2v) is 9.66. The van der Waals surface area contributed by atoms with Gasteiger partial charge in [0.15, 0.2) is 5.96 Å². The van der Waals surface area contributed by atoms with Crippen molar-refractivity contribution < 1.29 is 13.2 Å². The van der Waals surface area contributed by atoms with E-state index in [2.05, 4.69) is 32.2 Å². The van der Waals surface area contributed by atoms with Gasteiger partial charge in [0.1, 0.15) is 5.75 Å². The molecule has 0 bridgehead atoms. The van der Waals surface area contributed by atoms with Crippen LogP contribution in [0.2, 0.25) is 0 Å². The lowest BCUT2D eigenvalue weighted by Gasteiger charge is -2.37. The Balaban J connectivity index is 0.00000363. The van der Waals surface area contributed by atoms with Gasteiger partial charge in [-0.2, -0.15) is 0 Å². The van der Waals surface area contributed by atoms with Gasteiger partial charge in [0.2, 0.25) is 10.0 Å². The van der Waals surface area contributed by atoms with Crippen molar-refractivity contribution in [1.82, 2.24) is 14.5 Å². The predicted molar refractivity (Wildman–Crippen MR) is 140 cm³/mol. The fourth-order valence-corrected chi connectivity index (χ4v) is 4.37. The van der Waals surface area contributed by atoms with Crippen molar-refractivity contribution in [3.63, 3.8) is 0 Å². The van der Waals surface area contributed by atoms with Crippen LogP contribution >= 0.6 is 24.0 Å². The van der Waals surface area contributed by atoms with Gasteiger partial charge in [-0.15, -0.1) is 24.0 Å². The van der Waals surface area contributed by atoms with Gasteiger partial charge >= 0.3 is 0 Å². The quantitative estimate of drug-likeness (QED) is 0.325. The third-order valence-electron chi connectivity index (χ3n) is 5.38. The van der Waals surface area contributed by atoms with Crippen LogP contribution < -0.4 is 15.0 Å². The summed E-state index contributed by atoms with van der Waals surface area (Å²) >= 11 is 0. The molecule has 3 rings (SSSR count). The second-order valence-electron chi connectivity index (χ2n) is 7.50. The fourth-order valence-electron chi connectivity index (χ4n) is 3.47. The summed E-state index contributed by atoms with van der Waals surface area (Å²) in [6, 6.07) is 15.1. The summed E-state index contributed by atoms with van der Waals surface area (Å²) in [6.45, 7) is 4.12. The minimum absolute atomic E-state index is 0. The van der Waals surface area contributed by atoms with Crippen molar-refractivity contribution in [3.05, 3.63) is 54.1 Å². The summed E-state index contributed by atoms with van der Waals surface area (Å²) in [7, 11) is 3.11. The van der Waals surface area contributed by atoms with E-state index in [0.717, 1.165) is 43.5 Å². The molecule has 1 heterocycles. The molecule has 0 saturated carbocycles. The van der Waals surface area contributed by atoms with E-state index in [4.69, 9.17) is 4.74 Å². The largest absolute Gasteiger partial charge is 0.497 e. The van der Waals surface area contributed by atoms with Crippen LogP contribution in [0.5, 0.6) is 5.75 Å². The number of piperazine rings is 1. The highest BCUT2D eigenvalue weighted by Crippen LogP contribution is 2.20. The van der Waals surface area contributed by atoms with Gasteiger partial charge in [-0.3, -0.25) is 4.99 Å². The molecule has 0 aliphatic carbocycles. The maximum Gasteiger partial charge on any atom is 0.242 e. The summed E-state index contributed by atoms with van der Waals surface area (Å²) in [4.78, 5) is 9.31. The van der Waals surface area contributed by atoms with E-state index in [0.29, 0.717) is 11.4 Å². The molecule has 2 aromatic carbocycles. The number of benzene rings is 2. The molecule has 1 fully saturated rings. The maximum absolute atomic E-state index is 12.2. The molecule has 8 nitrogen and oxygen atoms in total. The number of aliphatic imine (C=N–C) groups is 1. The van der Waals surface area contributed by atoms with Crippen molar-refractivity contribution in [3.8, 4) is 5.75 Å². The number of hydrogen-bond donors (Lipinski definition) is 1. The summed E-state index contributed by atoms with van der Waals surface area (Å²) in [5.74, 6) is 1.71. The number of nitrogens with zero attached hydrogens (tertiary/aromatic N) is 4. The van der Waals surface area contributed by atoms with E-state index in [1.54, 1.807) is 26.3 Å². The highest BCUT2D eigenvalue weighted by Gasteiger charge is 2.20. The summed E-state index contributed by atoms with van der Waals surface area (Å²) in [5, 5.41) is 3.39. The SMILES string of the molecule is CN=C(NCc1ccc(S(=O)(=O)N(C)C)cc1)N1CCN(c2ccc(OC)cc2)CC1.I. The van der Waals surface area contributed by atoms with Crippen molar-refractivity contribution in [2.45, 2.75) is 11.4 Å². The Labute approximate surface area is 208 Å². The minimum atomic E-state index is -3.41. The number of rotatable bonds is 6. The molecular weight excluding hydrogens is 541 g/mol. The Hall–Kier alpha value is -2.05. The highest BCUT2D eigenvalue weighted by atomic mass is 127. The standard InChI is InChI=1S/C22H31N5O3S.HI/c1-23-22(24-17-18-5-11-21(12-6-18)31(28,29)25(2)3)27-15-13-26(14-16-27)19-7-9-20(30-4)10-8-19;/h5-12H,13-17H2,1-4H3,(H,23,24);1H. The minimum Gasteiger partial charge on any atom is -0.497 e. The van der Waals surface area contributed by atoms with Crippen LogP contribution in [0.15, 0.2) is 58.4 Å². The first-order chi connectivity index (χ1) is 14.8. The molecule has 1 aliphatic rings. The second kappa shape index (κ2) is 11.7. The number of guanidine groups is 1. The van der Waals surface area contributed by atoms with Crippen LogP contribution in [-0.4, -0.2) is 78.0 Å². The normalized spacial score (nSPS) is 14.8. The van der Waals surface area contributed by atoms with Gasteiger partial charge in [0, 0.05) is 59.6 Å². The number of nitrogens with one attached hydrogen (secondary N) is 1. The van der Waals surface area contributed by atoms with Crippen LogP contribution in [0.3, 0.4) is 0 Å². The van der Waals surface area contributed by atoms with Crippen molar-refractivity contribution in [1.29, 1.82) is 0 Å². The molecule has 10 heteroatoms. The number of sulfonamides is 1. The van der Waals surface area contributed by atoms with Gasteiger partial charge in [0.25, 0.3) is 0 Å². The number of ether oxygens (including phenoxy) is 1. The van der Waals surface area contributed by atoms with Crippen molar-refractivity contribution >= 4 is 45.6 Å². The topological polar surface area (TPSA) is 77.5 Å². The zero-order valence-corrected chi connectivity index (χ0v) is 22.1. The van der Waals surface area contributed by atoms with Gasteiger partial charge in [-0.25, -0.2) is 12.7 Å². The molecule has 2 aromatic rings. The first kappa shape index (κ1) is 26.2. The van der Waals surface area contributed by atoms with Gasteiger partial charge in [0.05, 0.1) is 12.0 Å². The lowest BCUT2D eigenvalue weighted by Crippen LogP contribution is -2.52. The van der Waals surface area contributed by atoms with Gasteiger partial charge < -0.3 is 19.9 Å². The summed E-state index contributed by atoms with van der Waals surface area (Å²) in [5.41, 5.74) is 2.19. The van der Waals surface area contributed by atoms with Gasteiger partial charge in [-0.1, -0.05) is 12.1 Å². The molecule has 32 heavy (non-hydrogen) atoms. The molecule has 0 amide bonds. The van der Waals surface area contributed by atoms with Crippen LogP contribution in [0.4, 0.5) is 5.69 Å². The molecule has 0 radical (unpaired) electrons. The smallest absolute Gasteiger partial charge is 0.242 e.